The summed E-state index contributed by atoms with van der Waals surface area (Å²) in [7, 11) is 1.62. The quantitative estimate of drug-likeness (QED) is 0.464. The first-order chi connectivity index (χ1) is 16.4. The molecule has 2 aliphatic rings. The third-order valence-electron chi connectivity index (χ3n) is 6.96. The predicted octanol–water partition coefficient (Wildman–Crippen LogP) is 3.59. The van der Waals surface area contributed by atoms with Gasteiger partial charge in [0, 0.05) is 25.9 Å². The molecule has 0 spiro atoms. The van der Waals surface area contributed by atoms with Crippen molar-refractivity contribution in [1.29, 1.82) is 0 Å². The Labute approximate surface area is 207 Å². The van der Waals surface area contributed by atoms with Gasteiger partial charge in [0.2, 0.25) is 11.7 Å². The molecule has 2 fully saturated rings. The van der Waals surface area contributed by atoms with E-state index >= 15 is 0 Å². The van der Waals surface area contributed by atoms with Crippen molar-refractivity contribution >= 4 is 45.8 Å². The molecule has 8 nitrogen and oxygen atoms in total. The third kappa shape index (κ3) is 4.38. The Balaban J connectivity index is 1.54. The molecule has 0 aromatic carbocycles. The van der Waals surface area contributed by atoms with Crippen LogP contribution < -0.4 is 10.6 Å². The summed E-state index contributed by atoms with van der Waals surface area (Å²) in [5.74, 6) is 7.36. The molecule has 178 valence electrons. The number of nitrogens with one attached hydrogen (secondary N) is 2. The molecule has 1 amide bonds. The summed E-state index contributed by atoms with van der Waals surface area (Å²) in [4.78, 5) is 27.0. The number of carbonyl (C=O) groups is 1. The van der Waals surface area contributed by atoms with Crippen LogP contribution in [0.5, 0.6) is 0 Å². The number of rotatable bonds is 5. The number of nitrogens with zero attached hydrogens (tertiary/aromatic N) is 4. The number of imidazole rings is 1. The van der Waals surface area contributed by atoms with E-state index in [4.69, 9.17) is 11.6 Å². The molecule has 3 aromatic rings. The Morgan fingerprint density at radius 1 is 1.32 bits per heavy atom. The lowest BCUT2D eigenvalue weighted by Gasteiger charge is -2.26. The summed E-state index contributed by atoms with van der Waals surface area (Å²) in [6.07, 6.45) is 6.00. The van der Waals surface area contributed by atoms with Crippen molar-refractivity contribution in [3.63, 3.8) is 0 Å². The molecular formula is C24H27ClN6O2S. The van der Waals surface area contributed by atoms with Crippen LogP contribution in [0.1, 0.15) is 49.7 Å². The zero-order chi connectivity index (χ0) is 23.9. The Morgan fingerprint density at radius 3 is 2.82 bits per heavy atom. The van der Waals surface area contributed by atoms with E-state index in [1.165, 1.54) is 30.6 Å². The van der Waals surface area contributed by atoms with E-state index in [2.05, 4.69) is 37.4 Å². The number of fused-ring (bicyclic) bond motifs is 1. The monoisotopic (exact) mass is 498 g/mol. The van der Waals surface area contributed by atoms with Gasteiger partial charge < -0.3 is 15.7 Å². The van der Waals surface area contributed by atoms with Gasteiger partial charge in [0.05, 0.1) is 15.5 Å². The largest absolute Gasteiger partial charge is 0.370 e. The number of amides is 1. The maximum atomic E-state index is 12.3. The smallest absolute Gasteiger partial charge is 0.223 e. The minimum Gasteiger partial charge on any atom is -0.370 e. The predicted molar refractivity (Wildman–Crippen MR) is 133 cm³/mol. The van der Waals surface area contributed by atoms with Gasteiger partial charge in [-0.25, -0.2) is 15.0 Å². The third-order valence-corrected chi connectivity index (χ3v) is 8.11. The van der Waals surface area contributed by atoms with Crippen molar-refractivity contribution in [3.05, 3.63) is 33.5 Å². The number of carbonyl (C=O) groups excluding carboxylic acids is 1. The number of aliphatic hydroxyl groups is 1. The highest BCUT2D eigenvalue weighted by molar-refractivity contribution is 7.16. The molecular weight excluding hydrogens is 472 g/mol. The second-order valence-corrected chi connectivity index (χ2v) is 11.0. The Hall–Kier alpha value is -2.67. The van der Waals surface area contributed by atoms with E-state index in [9.17, 15) is 9.90 Å². The van der Waals surface area contributed by atoms with E-state index < -0.39 is 5.72 Å². The topological polar surface area (TPSA) is 105 Å². The van der Waals surface area contributed by atoms with Crippen LogP contribution in [-0.4, -0.2) is 44.1 Å². The number of hydrogen-bond acceptors (Lipinski definition) is 7. The Morgan fingerprint density at radius 2 is 2.15 bits per heavy atom. The van der Waals surface area contributed by atoms with Crippen molar-refractivity contribution in [1.82, 2.24) is 24.8 Å². The maximum absolute atomic E-state index is 12.3. The van der Waals surface area contributed by atoms with Gasteiger partial charge >= 0.3 is 0 Å². The van der Waals surface area contributed by atoms with Crippen LogP contribution in [0.25, 0.3) is 11.2 Å². The lowest BCUT2D eigenvalue weighted by Crippen LogP contribution is -2.33. The molecule has 3 heterocycles. The van der Waals surface area contributed by atoms with Crippen LogP contribution in [-0.2, 0) is 10.5 Å². The number of anilines is 1. The molecule has 0 radical (unpaired) electrons. The molecule has 0 unspecified atom stereocenters. The van der Waals surface area contributed by atoms with Crippen molar-refractivity contribution in [2.45, 2.75) is 44.8 Å². The molecule has 0 saturated heterocycles. The molecule has 10 heteroatoms. The average molecular weight is 499 g/mol. The van der Waals surface area contributed by atoms with E-state index in [-0.39, 0.29) is 17.7 Å². The van der Waals surface area contributed by atoms with Crippen molar-refractivity contribution < 1.29 is 9.90 Å². The van der Waals surface area contributed by atoms with Gasteiger partial charge in [-0.2, -0.15) is 0 Å². The number of hydrogen-bond donors (Lipinski definition) is 3. The lowest BCUT2D eigenvalue weighted by atomic mass is 9.85. The highest BCUT2D eigenvalue weighted by atomic mass is 35.5. The highest BCUT2D eigenvalue weighted by Gasteiger charge is 2.47. The summed E-state index contributed by atoms with van der Waals surface area (Å²) in [6.45, 7) is 2.80. The molecule has 3 atom stereocenters. The zero-order valence-corrected chi connectivity index (χ0v) is 20.7. The highest BCUT2D eigenvalue weighted by Crippen LogP contribution is 2.44. The molecule has 0 bridgehead atoms. The second-order valence-electron chi connectivity index (χ2n) is 9.30. The van der Waals surface area contributed by atoms with E-state index in [1.807, 2.05) is 13.0 Å². The number of aromatic nitrogens is 4. The molecule has 3 aromatic heterocycles. The van der Waals surface area contributed by atoms with Crippen LogP contribution in [0.15, 0.2) is 18.5 Å². The van der Waals surface area contributed by atoms with Crippen LogP contribution >= 0.6 is 22.9 Å². The van der Waals surface area contributed by atoms with Gasteiger partial charge in [-0.1, -0.05) is 24.9 Å². The molecule has 34 heavy (non-hydrogen) atoms. The summed E-state index contributed by atoms with van der Waals surface area (Å²) in [5, 5.41) is 17.8. The van der Waals surface area contributed by atoms with Crippen LogP contribution in [0.4, 0.5) is 5.82 Å². The van der Waals surface area contributed by atoms with Crippen molar-refractivity contribution in [2.24, 2.45) is 17.8 Å². The van der Waals surface area contributed by atoms with E-state index in [0.717, 1.165) is 11.4 Å². The Kier molecular flexibility index (Phi) is 6.23. The van der Waals surface area contributed by atoms with Crippen LogP contribution in [0, 0.1) is 29.6 Å². The van der Waals surface area contributed by atoms with Gasteiger partial charge in [0.25, 0.3) is 0 Å². The van der Waals surface area contributed by atoms with E-state index in [1.54, 1.807) is 24.0 Å². The number of halogens is 1. The molecule has 2 aliphatic carbocycles. The van der Waals surface area contributed by atoms with Gasteiger partial charge in [0.15, 0.2) is 17.0 Å². The second kappa shape index (κ2) is 9.17. The first-order valence-corrected chi connectivity index (χ1v) is 12.8. The minimum absolute atomic E-state index is 0.0169. The summed E-state index contributed by atoms with van der Waals surface area (Å²) in [5.41, 5.74) is -0.169. The van der Waals surface area contributed by atoms with Crippen LogP contribution in [0.3, 0.4) is 0 Å². The van der Waals surface area contributed by atoms with Gasteiger partial charge in [0.1, 0.15) is 5.72 Å². The lowest BCUT2D eigenvalue weighted by molar-refractivity contribution is -0.126. The van der Waals surface area contributed by atoms with Crippen LogP contribution in [0.2, 0.25) is 4.34 Å². The van der Waals surface area contributed by atoms with Gasteiger partial charge in [-0.15, -0.1) is 11.3 Å². The SMILES string of the molecule is CNC(=O)[C@@H]1C[C@@](O)(n2cnc3c(NCC4CCC4)nc(C#Cc4ccc(Cl)s4)nc32)C[C@H]1C. The number of thiophene rings is 1. The molecule has 5 rings (SSSR count). The standard InChI is InChI=1S/C24H27ClN6O2S/c1-14-10-24(33,11-17(14)23(32)26-2)31-13-28-20-21(27-12-15-4-3-5-15)29-19(30-22(20)31)9-7-16-6-8-18(25)34-16/h6,8,13-15,17,33H,3-5,10-12H2,1-2H3,(H,26,32)(H,27,29,30)/t14-,17-,24-/m1/s1. The van der Waals surface area contributed by atoms with Gasteiger partial charge in [-0.05, 0) is 55.1 Å². The van der Waals surface area contributed by atoms with Crippen molar-refractivity contribution in [3.8, 4) is 11.8 Å². The molecule has 0 aliphatic heterocycles. The van der Waals surface area contributed by atoms with Crippen molar-refractivity contribution in [2.75, 3.05) is 18.9 Å². The maximum Gasteiger partial charge on any atom is 0.223 e. The molecule has 2 saturated carbocycles. The van der Waals surface area contributed by atoms with E-state index in [0.29, 0.717) is 45.9 Å². The minimum atomic E-state index is -1.27. The summed E-state index contributed by atoms with van der Waals surface area (Å²) < 4.78 is 2.36. The zero-order valence-electron chi connectivity index (χ0n) is 19.1. The summed E-state index contributed by atoms with van der Waals surface area (Å²) in [6, 6.07) is 3.67. The average Bonchev–Trinajstić information content (AvgIpc) is 3.48. The Bertz CT molecular complexity index is 1290. The first-order valence-electron chi connectivity index (χ1n) is 11.6. The fourth-order valence-electron chi connectivity index (χ4n) is 4.85. The first kappa shape index (κ1) is 23.1. The van der Waals surface area contributed by atoms with Gasteiger partial charge in [-0.3, -0.25) is 9.36 Å². The fraction of sp³-hybridized carbons (Fsp3) is 0.500. The molecule has 3 N–H and O–H groups in total. The fourth-order valence-corrected chi connectivity index (χ4v) is 5.75. The summed E-state index contributed by atoms with van der Waals surface area (Å²) >= 11 is 7.42. The normalized spacial score (nSPS) is 24.5.